The second-order valence-electron chi connectivity index (χ2n) is 22.1. The number of hydrogen-bond donors (Lipinski definition) is 3. The predicted octanol–water partition coefficient (Wildman–Crippen LogP) is 15.7. The molecule has 0 aliphatic carbocycles. The van der Waals surface area contributed by atoms with Gasteiger partial charge in [0.15, 0.2) is 0 Å². The Kier molecular flexibility index (Phi) is 13.5. The minimum atomic E-state index is -6.18. The van der Waals surface area contributed by atoms with Gasteiger partial charge in [0, 0.05) is 0 Å². The second-order valence-corrected chi connectivity index (χ2v) is 26.0. The quantitative estimate of drug-likeness (QED) is 0.104. The van der Waals surface area contributed by atoms with E-state index >= 15 is 0 Å². The van der Waals surface area contributed by atoms with Crippen LogP contribution in [-0.4, -0.2) is 28.9 Å². The molecule has 1 heterocycles. The maximum absolute atomic E-state index is 13.5. The van der Waals surface area contributed by atoms with E-state index in [-0.39, 0.29) is 10.6 Å². The van der Waals surface area contributed by atoms with Gasteiger partial charge in [-0.1, -0.05) is 72.8 Å². The maximum atomic E-state index is 13.5. The minimum absolute atomic E-state index is 0.00967. The molecule has 394 valence electrons. The van der Waals surface area contributed by atoms with Crippen molar-refractivity contribution in [2.24, 2.45) is 0 Å². The van der Waals surface area contributed by atoms with Gasteiger partial charge in [0.2, 0.25) is 0 Å². The molecule has 0 amide bonds. The molecule has 3 N–H and O–H groups in total. The fourth-order valence-electron chi connectivity index (χ4n) is 11.9. The molecule has 10 heteroatoms. The second kappa shape index (κ2) is 19.9. The Labute approximate surface area is 458 Å². The van der Waals surface area contributed by atoms with Crippen LogP contribution in [0.4, 0.5) is 0 Å². The monoisotopic (exact) mass is 1070 g/mol. The van der Waals surface area contributed by atoms with Crippen molar-refractivity contribution < 1.29 is 37.7 Å². The summed E-state index contributed by atoms with van der Waals surface area (Å²) in [6.45, 7) is 12.9. The molecule has 0 atom stereocenters. The zero-order chi connectivity index (χ0) is 54.7. The van der Waals surface area contributed by atoms with Gasteiger partial charge in [0.1, 0.15) is 0 Å². The van der Waals surface area contributed by atoms with E-state index in [1.807, 2.05) is 164 Å². The number of rotatable bonds is 12. The van der Waals surface area contributed by atoms with Gasteiger partial charge < -0.3 is 0 Å². The fourth-order valence-corrected chi connectivity index (χ4v) is 15.9. The van der Waals surface area contributed by atoms with Crippen molar-refractivity contribution >= 4 is 48.0 Å². The molecule has 0 unspecified atom stereocenters. The Morgan fingerprint density at radius 3 is 1.37 bits per heavy atom. The summed E-state index contributed by atoms with van der Waals surface area (Å²) in [7, 11) is -5.21. The van der Waals surface area contributed by atoms with E-state index in [0.29, 0.717) is 50.3 Å². The zero-order valence-electron chi connectivity index (χ0n) is 45.1. The van der Waals surface area contributed by atoms with Crippen LogP contribution < -0.4 is 24.6 Å². The molecule has 11 rings (SSSR count). The third-order valence-corrected chi connectivity index (χ3v) is 18.9. The summed E-state index contributed by atoms with van der Waals surface area (Å²) in [4.78, 5) is 40.5. The normalized spacial score (nSPS) is 15.2. The average molecular weight is 1070 g/mol. The molecular formula is C68H64O8P2. The summed E-state index contributed by atoms with van der Waals surface area (Å²) >= 11 is 0. The van der Waals surface area contributed by atoms with Crippen LogP contribution in [0, 0.1) is 0 Å². The van der Waals surface area contributed by atoms with Crippen molar-refractivity contribution in [2.75, 3.05) is 14.2 Å². The molecule has 0 saturated carbocycles. The van der Waals surface area contributed by atoms with Crippen LogP contribution in [0.2, 0.25) is 0 Å². The van der Waals surface area contributed by atoms with Crippen LogP contribution in [0.25, 0.3) is 43.8 Å². The van der Waals surface area contributed by atoms with E-state index < -0.39 is 37.9 Å². The van der Waals surface area contributed by atoms with Crippen molar-refractivity contribution in [3.05, 3.63) is 258 Å². The van der Waals surface area contributed by atoms with Crippen LogP contribution in [-0.2, 0) is 31.1 Å². The topological polar surface area (TPSA) is 107 Å². The molecule has 8 nitrogen and oxygen atoms in total. The third kappa shape index (κ3) is 8.77. The third-order valence-electron chi connectivity index (χ3n) is 15.1. The zero-order valence-corrected chi connectivity index (χ0v) is 46.9. The van der Waals surface area contributed by atoms with Crippen molar-refractivity contribution in [1.82, 2.24) is 0 Å². The molecule has 10 aromatic rings. The van der Waals surface area contributed by atoms with Gasteiger partial charge in [-0.25, -0.2) is 0 Å². The van der Waals surface area contributed by atoms with E-state index in [2.05, 4.69) is 90.1 Å². The first kappa shape index (κ1) is 52.8. The van der Waals surface area contributed by atoms with Gasteiger partial charge in [-0.3, -0.25) is 0 Å². The number of benzene rings is 10. The molecule has 0 bridgehead atoms. The first-order chi connectivity index (χ1) is 37.4. The molecule has 0 aromatic heterocycles. The van der Waals surface area contributed by atoms with Crippen LogP contribution in [0.5, 0.6) is 17.2 Å². The van der Waals surface area contributed by atoms with Crippen LogP contribution in [0.1, 0.15) is 74.9 Å². The first-order valence-corrected chi connectivity index (χ1v) is 29.4. The van der Waals surface area contributed by atoms with Gasteiger partial charge in [0.05, 0.1) is 0 Å². The predicted molar refractivity (Wildman–Crippen MR) is 319 cm³/mol. The van der Waals surface area contributed by atoms with Gasteiger partial charge in [0.25, 0.3) is 0 Å². The van der Waals surface area contributed by atoms with E-state index in [4.69, 9.17) is 23.0 Å². The number of fused-ring (bicyclic) bond motifs is 2. The molecular weight excluding hydrogens is 1010 g/mol. The van der Waals surface area contributed by atoms with Crippen molar-refractivity contribution in [3.63, 3.8) is 0 Å². The van der Waals surface area contributed by atoms with E-state index in [9.17, 15) is 14.7 Å². The summed E-state index contributed by atoms with van der Waals surface area (Å²) in [5.41, 5.74) is 3.70. The Bertz CT molecular complexity index is 3650. The molecule has 0 spiro atoms. The van der Waals surface area contributed by atoms with Crippen LogP contribution in [0.3, 0.4) is 0 Å². The summed E-state index contributed by atoms with van der Waals surface area (Å²) in [6, 6.07) is 72.6. The Morgan fingerprint density at radius 2 is 0.885 bits per heavy atom. The molecule has 0 radical (unpaired) electrons. The number of methoxy groups -OCH3 is 2. The van der Waals surface area contributed by atoms with Crippen LogP contribution in [0.15, 0.2) is 224 Å². The molecule has 78 heavy (non-hydrogen) atoms. The number of hydrogen-bond acceptors (Lipinski definition) is 8. The van der Waals surface area contributed by atoms with Crippen molar-refractivity contribution in [2.45, 2.75) is 63.6 Å². The molecule has 10 aromatic carbocycles. The van der Waals surface area contributed by atoms with E-state index in [0.717, 1.165) is 44.2 Å². The van der Waals surface area contributed by atoms with Gasteiger partial charge >= 0.3 is 388 Å². The summed E-state index contributed by atoms with van der Waals surface area (Å²) in [6.07, 6.45) is 0. The Balaban J connectivity index is 1.23. The van der Waals surface area contributed by atoms with Crippen LogP contribution >= 0.6 is 15.9 Å². The molecule has 1 aliphatic heterocycles. The molecule has 1 saturated heterocycles. The van der Waals surface area contributed by atoms with Crippen molar-refractivity contribution in [3.8, 4) is 39.5 Å². The first-order valence-electron chi connectivity index (χ1n) is 26.2. The van der Waals surface area contributed by atoms with E-state index in [1.54, 1.807) is 26.4 Å². The molecule has 1 aliphatic rings. The van der Waals surface area contributed by atoms with Gasteiger partial charge in [-0.2, -0.15) is 0 Å². The SMILES string of the molecule is COc1ccc(OP2OC(c3ccccc3)(c3ccccc3)C(c3ccccc3)(c3ccccc3)O2)c(-c2cc(OC)c(C(C)(C)C)c(C(C)(C)C)c2-c2ccc3ccccc3c2P(O)(O)(O)c2cccc3ccccc23)c1. The Hall–Kier alpha value is -7.22. The van der Waals surface area contributed by atoms with Gasteiger partial charge in [-0.05, 0) is 0 Å². The molecule has 1 fully saturated rings. The van der Waals surface area contributed by atoms with Crippen molar-refractivity contribution in [1.29, 1.82) is 0 Å². The fraction of sp³-hybridized carbons (Fsp3) is 0.176. The van der Waals surface area contributed by atoms with Gasteiger partial charge in [-0.15, -0.1) is 0 Å². The summed E-state index contributed by atoms with van der Waals surface area (Å²) in [5.74, 6) is 1.54. The Morgan fingerprint density at radius 1 is 0.423 bits per heavy atom. The average Bonchev–Trinajstić information content (AvgIpc) is 3.40. The number of ether oxygens (including phenoxy) is 2. The standard InChI is InChI=1S/C68H64O8P2/c1-65(2,3)62-59(73-8)45-57(61(63(62)66(4,5)6)55-42-40-47-27-22-24-38-54(47)64(55)78(69,70,71)60-39-25-28-46-26-21-23-37-53(46)60)56-44-52(72-7)41-43-58(56)74-77-75-67(48-29-13-9-14-30-48,49-31-15-10-16-32-49)68(76-77,50-33-17-11-18-34-50)51-35-19-12-20-36-51/h9-45,69-71H,1-8H3. The summed E-state index contributed by atoms with van der Waals surface area (Å²) in [5, 5.41) is 2.52. The van der Waals surface area contributed by atoms with E-state index in [1.165, 1.54) is 0 Å². The summed E-state index contributed by atoms with van der Waals surface area (Å²) < 4.78 is 35.3.